The number of benzene rings is 1. The van der Waals surface area contributed by atoms with Crippen molar-refractivity contribution in [2.24, 2.45) is 0 Å². The largest absolute Gasteiger partial charge is 0.567 e. The molecule has 3 aromatic rings. The molecule has 0 unspecified atom stereocenters. The molecule has 0 spiro atoms. The Morgan fingerprint density at radius 3 is 2.70 bits per heavy atom. The highest BCUT2D eigenvalue weighted by atomic mass is 16.4. The normalized spacial score (nSPS) is 10.3. The Hall–Kier alpha value is -2.94. The summed E-state index contributed by atoms with van der Waals surface area (Å²) < 4.78 is 6.94. The number of hydrogen-bond acceptors (Lipinski definition) is 4. The van der Waals surface area contributed by atoms with Crippen LogP contribution in [0, 0.1) is 11.3 Å². The van der Waals surface area contributed by atoms with E-state index in [1.54, 1.807) is 25.0 Å². The number of anilines is 1. The molecule has 5 nitrogen and oxygen atoms in total. The summed E-state index contributed by atoms with van der Waals surface area (Å²) in [6.45, 7) is 0. The third-order valence-corrected chi connectivity index (χ3v) is 3.16. The first-order valence-electron chi connectivity index (χ1n) is 6.04. The molecule has 3 rings (SSSR count). The molecule has 0 aliphatic heterocycles. The molecule has 2 heterocycles. The highest BCUT2D eigenvalue weighted by Crippen LogP contribution is 2.30. The Morgan fingerprint density at radius 1 is 1.30 bits per heavy atom. The molecular formula is C14H11BN4O. The van der Waals surface area contributed by atoms with E-state index in [1.807, 2.05) is 30.3 Å². The van der Waals surface area contributed by atoms with Crippen molar-refractivity contribution in [3.05, 3.63) is 48.3 Å². The molecule has 0 saturated carbocycles. The topological polar surface area (TPSA) is 76.3 Å². The number of pyridine rings is 1. The van der Waals surface area contributed by atoms with Crippen LogP contribution in [0.3, 0.4) is 0 Å². The minimum atomic E-state index is 0.527. The van der Waals surface area contributed by atoms with Crippen LogP contribution in [0.25, 0.3) is 16.6 Å². The van der Waals surface area contributed by atoms with Gasteiger partial charge in [0.25, 0.3) is 0 Å². The van der Waals surface area contributed by atoms with Gasteiger partial charge in [-0.25, -0.2) is 4.52 Å². The van der Waals surface area contributed by atoms with Gasteiger partial charge in [-0.05, 0) is 23.8 Å². The van der Waals surface area contributed by atoms with Crippen molar-refractivity contribution in [2.75, 3.05) is 5.73 Å². The van der Waals surface area contributed by atoms with E-state index in [1.165, 1.54) is 0 Å². The van der Waals surface area contributed by atoms with Gasteiger partial charge in [0.2, 0.25) is 0 Å². The summed E-state index contributed by atoms with van der Waals surface area (Å²) in [6, 6.07) is 11.5. The second-order valence-corrected chi connectivity index (χ2v) is 4.38. The monoisotopic (exact) mass is 262 g/mol. The molecule has 0 saturated heterocycles. The van der Waals surface area contributed by atoms with Crippen molar-refractivity contribution in [1.82, 2.24) is 9.61 Å². The van der Waals surface area contributed by atoms with Crippen LogP contribution in [0.15, 0.2) is 42.7 Å². The van der Waals surface area contributed by atoms with Crippen LogP contribution in [0.1, 0.15) is 5.56 Å². The number of aromatic nitrogens is 2. The minimum absolute atomic E-state index is 0.527. The molecule has 0 radical (unpaired) electrons. The molecule has 96 valence electrons. The lowest BCUT2D eigenvalue weighted by molar-refractivity contribution is 0.608. The van der Waals surface area contributed by atoms with Crippen molar-refractivity contribution in [2.45, 2.75) is 0 Å². The zero-order valence-electron chi connectivity index (χ0n) is 10.9. The SMILES string of the molecule is BOc1cc(-c2ccc(N)cc2)c2c(C#N)cnn2c1. The van der Waals surface area contributed by atoms with Gasteiger partial charge in [0, 0.05) is 11.3 Å². The summed E-state index contributed by atoms with van der Waals surface area (Å²) in [5.74, 6) is 0.678. The van der Waals surface area contributed by atoms with Gasteiger partial charge in [-0.3, -0.25) is 0 Å². The minimum Gasteiger partial charge on any atom is -0.567 e. The van der Waals surface area contributed by atoms with Crippen molar-refractivity contribution in [3.63, 3.8) is 0 Å². The Morgan fingerprint density at radius 2 is 2.05 bits per heavy atom. The van der Waals surface area contributed by atoms with E-state index >= 15 is 0 Å². The predicted molar refractivity (Wildman–Crippen MR) is 78.9 cm³/mol. The zero-order chi connectivity index (χ0) is 14.1. The highest BCUT2D eigenvalue weighted by molar-refractivity contribution is 6.00. The van der Waals surface area contributed by atoms with Gasteiger partial charge < -0.3 is 10.4 Å². The van der Waals surface area contributed by atoms with E-state index in [4.69, 9.17) is 10.4 Å². The van der Waals surface area contributed by atoms with E-state index in [0.29, 0.717) is 17.0 Å². The number of fused-ring (bicyclic) bond motifs is 1. The fourth-order valence-corrected chi connectivity index (χ4v) is 2.17. The smallest absolute Gasteiger partial charge is 0.322 e. The van der Waals surface area contributed by atoms with Gasteiger partial charge in [-0.2, -0.15) is 10.4 Å². The standard InChI is InChI=1S/C14H11BN4O/c15-20-12-5-13(9-1-3-11(17)4-2-9)14-10(6-16)7-18-19(14)8-12/h1-5,7-8H,15,17H2. The fourth-order valence-electron chi connectivity index (χ4n) is 2.17. The van der Waals surface area contributed by atoms with Gasteiger partial charge in [0.15, 0.2) is 0 Å². The first-order chi connectivity index (χ1) is 9.72. The van der Waals surface area contributed by atoms with Crippen molar-refractivity contribution >= 4 is 19.3 Å². The van der Waals surface area contributed by atoms with Gasteiger partial charge in [-0.15, -0.1) is 0 Å². The molecule has 0 bridgehead atoms. The van der Waals surface area contributed by atoms with E-state index in [9.17, 15) is 5.26 Å². The summed E-state index contributed by atoms with van der Waals surface area (Å²) in [6.07, 6.45) is 3.30. The average Bonchev–Trinajstić information content (AvgIpc) is 2.90. The highest BCUT2D eigenvalue weighted by Gasteiger charge is 2.12. The maximum atomic E-state index is 9.21. The summed E-state index contributed by atoms with van der Waals surface area (Å²) in [7, 11) is 1.60. The Balaban J connectivity index is 2.34. The molecular weight excluding hydrogens is 251 g/mol. The lowest BCUT2D eigenvalue weighted by Gasteiger charge is -2.09. The quantitative estimate of drug-likeness (QED) is 0.559. The van der Waals surface area contributed by atoms with Crippen LogP contribution < -0.4 is 10.4 Å². The van der Waals surface area contributed by atoms with Gasteiger partial charge in [-0.1, -0.05) is 12.1 Å². The zero-order valence-corrected chi connectivity index (χ0v) is 10.9. The van der Waals surface area contributed by atoms with E-state index in [2.05, 4.69) is 11.2 Å². The average molecular weight is 262 g/mol. The van der Waals surface area contributed by atoms with Crippen LogP contribution in [0.2, 0.25) is 0 Å². The summed E-state index contributed by atoms with van der Waals surface area (Å²) >= 11 is 0. The lowest BCUT2D eigenvalue weighted by atomic mass is 10.0. The van der Waals surface area contributed by atoms with Crippen molar-refractivity contribution < 1.29 is 4.65 Å². The molecule has 2 aromatic heterocycles. The molecule has 0 aliphatic carbocycles. The molecule has 1 aromatic carbocycles. The summed E-state index contributed by atoms with van der Waals surface area (Å²) in [4.78, 5) is 0. The molecule has 6 heteroatoms. The second kappa shape index (κ2) is 4.63. The summed E-state index contributed by atoms with van der Waals surface area (Å²) in [5, 5.41) is 13.4. The van der Waals surface area contributed by atoms with Gasteiger partial charge in [0.05, 0.1) is 23.5 Å². The number of hydrogen-bond donors (Lipinski definition) is 1. The number of nitrogens with two attached hydrogens (primary N) is 1. The Labute approximate surface area is 116 Å². The van der Waals surface area contributed by atoms with Crippen LogP contribution >= 0.6 is 0 Å². The van der Waals surface area contributed by atoms with E-state index in [0.717, 1.165) is 16.6 Å². The fraction of sp³-hybridized carbons (Fsp3) is 0. The van der Waals surface area contributed by atoms with Crippen molar-refractivity contribution in [3.8, 4) is 22.9 Å². The number of nitrogen functional groups attached to an aromatic ring is 1. The Kier molecular flexibility index (Phi) is 2.80. The summed E-state index contributed by atoms with van der Waals surface area (Å²) in [5.41, 5.74) is 9.55. The molecule has 0 amide bonds. The molecule has 20 heavy (non-hydrogen) atoms. The Bertz CT molecular complexity index is 818. The molecule has 0 atom stereocenters. The van der Waals surface area contributed by atoms with Crippen LogP contribution in [-0.2, 0) is 0 Å². The molecule has 0 aliphatic rings. The van der Waals surface area contributed by atoms with Gasteiger partial charge in [0.1, 0.15) is 11.8 Å². The number of nitriles is 1. The predicted octanol–water partition coefficient (Wildman–Crippen LogP) is 1.38. The molecule has 2 N–H and O–H groups in total. The van der Waals surface area contributed by atoms with E-state index in [-0.39, 0.29) is 0 Å². The maximum Gasteiger partial charge on any atom is 0.322 e. The first kappa shape index (κ1) is 12.1. The van der Waals surface area contributed by atoms with Crippen LogP contribution in [0.4, 0.5) is 5.69 Å². The first-order valence-corrected chi connectivity index (χ1v) is 6.04. The van der Waals surface area contributed by atoms with E-state index < -0.39 is 0 Å². The number of rotatable bonds is 2. The number of nitrogens with zero attached hydrogens (tertiary/aromatic N) is 3. The third-order valence-electron chi connectivity index (χ3n) is 3.16. The third kappa shape index (κ3) is 1.86. The van der Waals surface area contributed by atoms with Crippen LogP contribution in [0.5, 0.6) is 5.75 Å². The van der Waals surface area contributed by atoms with Gasteiger partial charge >= 0.3 is 8.05 Å². The van der Waals surface area contributed by atoms with Crippen LogP contribution in [-0.4, -0.2) is 17.7 Å². The van der Waals surface area contributed by atoms with Crippen molar-refractivity contribution in [1.29, 1.82) is 5.26 Å². The lowest BCUT2D eigenvalue weighted by Crippen LogP contribution is -1.95. The maximum absolute atomic E-state index is 9.21. The molecule has 0 fully saturated rings. The second-order valence-electron chi connectivity index (χ2n) is 4.38.